The lowest BCUT2D eigenvalue weighted by Gasteiger charge is -2.20. The highest BCUT2D eigenvalue weighted by Crippen LogP contribution is 2.37. The summed E-state index contributed by atoms with van der Waals surface area (Å²) in [5.41, 5.74) is 0. The first-order valence-electron chi connectivity index (χ1n) is 7.99. The maximum Gasteiger partial charge on any atom is 0.123 e. The lowest BCUT2D eigenvalue weighted by Crippen LogP contribution is -2.21. The highest BCUT2D eigenvalue weighted by molar-refractivity contribution is 8.00. The third-order valence-corrected chi connectivity index (χ3v) is 5.93. The van der Waals surface area contributed by atoms with Gasteiger partial charge in [0.2, 0.25) is 0 Å². The number of halogens is 3. The third kappa shape index (κ3) is 4.93. The Morgan fingerprint density at radius 1 is 1.15 bits per heavy atom. The van der Waals surface area contributed by atoms with Crippen molar-refractivity contribution >= 4 is 35.0 Å². The van der Waals surface area contributed by atoms with Gasteiger partial charge in [0.05, 0.1) is 15.3 Å². The zero-order valence-electron chi connectivity index (χ0n) is 14.0. The Balaban J connectivity index is 1.77. The van der Waals surface area contributed by atoms with Crippen molar-refractivity contribution in [2.45, 2.75) is 23.6 Å². The molecular weight excluding hydrogens is 394 g/mol. The van der Waals surface area contributed by atoms with E-state index in [1.807, 2.05) is 31.3 Å². The maximum absolute atomic E-state index is 13.1. The van der Waals surface area contributed by atoms with Crippen LogP contribution in [0.5, 0.6) is 5.75 Å². The summed E-state index contributed by atoms with van der Waals surface area (Å²) in [4.78, 5) is 5.08. The smallest absolute Gasteiger partial charge is 0.123 e. The van der Waals surface area contributed by atoms with Crippen LogP contribution in [-0.2, 0) is 6.54 Å². The van der Waals surface area contributed by atoms with E-state index in [0.29, 0.717) is 28.9 Å². The summed E-state index contributed by atoms with van der Waals surface area (Å²) < 4.78 is 21.0. The van der Waals surface area contributed by atoms with E-state index < -0.39 is 0 Å². The number of aromatic nitrogens is 2. The number of hydrogen-bond donors (Lipinski definition) is 0. The van der Waals surface area contributed by atoms with Gasteiger partial charge in [0.1, 0.15) is 24.0 Å². The average Bonchev–Trinajstić information content (AvgIpc) is 3.02. The van der Waals surface area contributed by atoms with Crippen LogP contribution in [0.4, 0.5) is 4.39 Å². The van der Waals surface area contributed by atoms with Crippen LogP contribution in [0.15, 0.2) is 59.8 Å². The summed E-state index contributed by atoms with van der Waals surface area (Å²) in [5.74, 6) is 1.24. The van der Waals surface area contributed by atoms with Crippen molar-refractivity contribution in [1.82, 2.24) is 9.55 Å². The number of aryl methyl sites for hydroxylation is 1. The number of rotatable bonds is 7. The zero-order chi connectivity index (χ0) is 18.5. The third-order valence-electron chi connectivity index (χ3n) is 3.78. The molecule has 0 fully saturated rings. The van der Waals surface area contributed by atoms with Crippen LogP contribution in [0.3, 0.4) is 0 Å². The number of benzene rings is 2. The minimum Gasteiger partial charge on any atom is -0.492 e. The molecule has 0 saturated heterocycles. The van der Waals surface area contributed by atoms with Gasteiger partial charge in [-0.3, -0.25) is 0 Å². The van der Waals surface area contributed by atoms with Crippen molar-refractivity contribution in [3.8, 4) is 5.75 Å². The predicted molar refractivity (Wildman–Crippen MR) is 105 cm³/mol. The highest BCUT2D eigenvalue weighted by atomic mass is 35.5. The molecule has 1 aromatic heterocycles. The van der Waals surface area contributed by atoms with Crippen LogP contribution in [0, 0.1) is 12.7 Å². The summed E-state index contributed by atoms with van der Waals surface area (Å²) in [5, 5.41) is 1.25. The van der Waals surface area contributed by atoms with Gasteiger partial charge >= 0.3 is 0 Å². The van der Waals surface area contributed by atoms with Gasteiger partial charge in [-0.15, -0.1) is 11.8 Å². The normalized spacial score (nSPS) is 12.2. The Morgan fingerprint density at radius 2 is 1.85 bits per heavy atom. The lowest BCUT2D eigenvalue weighted by atomic mass is 10.3. The Hall–Kier alpha value is -1.69. The fraction of sp³-hybridized carbons (Fsp3) is 0.211. The molecule has 7 heteroatoms. The SMILES string of the molecule is Cc1nccn1CC(COc1ccc(F)cc1)Sc1c(Cl)cccc1Cl. The summed E-state index contributed by atoms with van der Waals surface area (Å²) in [6.07, 6.45) is 3.69. The summed E-state index contributed by atoms with van der Waals surface area (Å²) in [7, 11) is 0. The molecule has 1 unspecified atom stereocenters. The zero-order valence-corrected chi connectivity index (χ0v) is 16.4. The minimum absolute atomic E-state index is 0.0327. The summed E-state index contributed by atoms with van der Waals surface area (Å²) in [6, 6.07) is 11.4. The molecule has 1 heterocycles. The Kier molecular flexibility index (Phi) is 6.46. The van der Waals surface area contributed by atoms with E-state index in [0.717, 1.165) is 10.7 Å². The van der Waals surface area contributed by atoms with Gasteiger partial charge in [-0.25, -0.2) is 9.37 Å². The molecule has 0 radical (unpaired) electrons. The van der Waals surface area contributed by atoms with E-state index in [1.165, 1.54) is 12.1 Å². The first-order chi connectivity index (χ1) is 12.5. The van der Waals surface area contributed by atoms with E-state index in [9.17, 15) is 4.39 Å². The van der Waals surface area contributed by atoms with Crippen LogP contribution in [-0.4, -0.2) is 21.4 Å². The Morgan fingerprint density at radius 3 is 2.46 bits per heavy atom. The standard InChI is InChI=1S/C19H17Cl2FN2OS/c1-13-23-9-10-24(13)11-16(12-25-15-7-5-14(22)6-8-15)26-19-17(20)3-2-4-18(19)21/h2-10,16H,11-12H2,1H3. The first-order valence-corrected chi connectivity index (χ1v) is 9.63. The monoisotopic (exact) mass is 410 g/mol. The lowest BCUT2D eigenvalue weighted by molar-refractivity contribution is 0.307. The number of ether oxygens (including phenoxy) is 1. The maximum atomic E-state index is 13.1. The molecule has 3 aromatic rings. The van der Waals surface area contributed by atoms with Crippen molar-refractivity contribution in [2.75, 3.05) is 6.61 Å². The second-order valence-corrected chi connectivity index (χ2v) is 7.81. The van der Waals surface area contributed by atoms with Crippen LogP contribution >= 0.6 is 35.0 Å². The molecule has 2 aromatic carbocycles. The van der Waals surface area contributed by atoms with Crippen LogP contribution in [0.1, 0.15) is 5.82 Å². The molecular formula is C19H17Cl2FN2OS. The Bertz CT molecular complexity index is 850. The fourth-order valence-electron chi connectivity index (χ4n) is 2.42. The van der Waals surface area contributed by atoms with Crippen LogP contribution in [0.2, 0.25) is 10.0 Å². The van der Waals surface area contributed by atoms with Gasteiger partial charge in [0.15, 0.2) is 0 Å². The van der Waals surface area contributed by atoms with Gasteiger partial charge in [-0.05, 0) is 43.3 Å². The molecule has 3 rings (SSSR count). The predicted octanol–water partition coefficient (Wildman–Crippen LogP) is 5.88. The van der Waals surface area contributed by atoms with E-state index in [1.54, 1.807) is 30.1 Å². The molecule has 1 atom stereocenters. The van der Waals surface area contributed by atoms with E-state index in [-0.39, 0.29) is 11.1 Å². The van der Waals surface area contributed by atoms with Gasteiger partial charge < -0.3 is 9.30 Å². The van der Waals surface area contributed by atoms with Crippen molar-refractivity contribution < 1.29 is 9.13 Å². The highest BCUT2D eigenvalue weighted by Gasteiger charge is 2.17. The van der Waals surface area contributed by atoms with Crippen molar-refractivity contribution in [3.63, 3.8) is 0 Å². The molecule has 0 aliphatic carbocycles. The summed E-state index contributed by atoms with van der Waals surface area (Å²) in [6.45, 7) is 3.04. The fourth-order valence-corrected chi connectivity index (χ4v) is 4.15. The van der Waals surface area contributed by atoms with E-state index >= 15 is 0 Å². The van der Waals surface area contributed by atoms with Gasteiger partial charge in [0.25, 0.3) is 0 Å². The molecule has 0 amide bonds. The largest absolute Gasteiger partial charge is 0.492 e. The number of imidazole rings is 1. The van der Waals surface area contributed by atoms with E-state index in [2.05, 4.69) is 9.55 Å². The average molecular weight is 411 g/mol. The second-order valence-electron chi connectivity index (χ2n) is 5.68. The molecule has 136 valence electrons. The molecule has 0 bridgehead atoms. The van der Waals surface area contributed by atoms with Crippen LogP contribution < -0.4 is 4.74 Å². The first kappa shape index (κ1) is 19.1. The minimum atomic E-state index is -0.292. The molecule has 0 N–H and O–H groups in total. The number of thioether (sulfide) groups is 1. The number of nitrogens with zero attached hydrogens (tertiary/aromatic N) is 2. The second kappa shape index (κ2) is 8.80. The van der Waals surface area contributed by atoms with Crippen molar-refractivity contribution in [3.05, 3.63) is 76.5 Å². The van der Waals surface area contributed by atoms with Gasteiger partial charge in [0, 0.05) is 23.8 Å². The molecule has 0 spiro atoms. The molecule has 0 saturated carbocycles. The topological polar surface area (TPSA) is 27.1 Å². The summed E-state index contributed by atoms with van der Waals surface area (Å²) >= 11 is 14.2. The van der Waals surface area contributed by atoms with Crippen molar-refractivity contribution in [1.29, 1.82) is 0 Å². The van der Waals surface area contributed by atoms with Crippen molar-refractivity contribution in [2.24, 2.45) is 0 Å². The quantitative estimate of drug-likeness (QED) is 0.455. The molecule has 3 nitrogen and oxygen atoms in total. The number of hydrogen-bond acceptors (Lipinski definition) is 3. The molecule has 0 aliphatic heterocycles. The molecule has 0 aliphatic rings. The Labute approximate surface area is 166 Å². The van der Waals surface area contributed by atoms with Crippen LogP contribution in [0.25, 0.3) is 0 Å². The van der Waals surface area contributed by atoms with Gasteiger partial charge in [-0.1, -0.05) is 29.3 Å². The molecule has 26 heavy (non-hydrogen) atoms. The van der Waals surface area contributed by atoms with E-state index in [4.69, 9.17) is 27.9 Å². The van der Waals surface area contributed by atoms with Gasteiger partial charge in [-0.2, -0.15) is 0 Å².